The zero-order valence-corrected chi connectivity index (χ0v) is 102. The number of cyclic esters (lactones) is 10. The lowest BCUT2D eigenvalue weighted by molar-refractivity contribution is -0.152. The zero-order chi connectivity index (χ0) is 93.9. The summed E-state index contributed by atoms with van der Waals surface area (Å²) in [7, 11) is 12.3. The molecule has 8 saturated carbocycles. The van der Waals surface area contributed by atoms with Crippen LogP contribution in [0.3, 0.4) is 0 Å². The Kier molecular flexibility index (Phi) is 27.8. The average molecular weight is 2050 g/mol. The van der Waals surface area contributed by atoms with E-state index >= 15 is 0 Å². The van der Waals surface area contributed by atoms with Gasteiger partial charge < -0.3 is 85.3 Å². The highest BCUT2D eigenvalue weighted by atomic mass is 28.2. The van der Waals surface area contributed by atoms with Crippen molar-refractivity contribution in [3.63, 3.8) is 0 Å². The van der Waals surface area contributed by atoms with Crippen LogP contribution in [0.15, 0.2) is 0 Å². The Bertz CT molecular complexity index is 4390. The number of hydrogen-bond acceptors (Lipinski definition) is 28. The Hall–Kier alpha value is -3.45. The van der Waals surface area contributed by atoms with Crippen molar-refractivity contribution < 1.29 is 133 Å². The minimum Gasteiger partial charge on any atom is -0.465 e. The smallest absolute Gasteiger partial charge is 0.314 e. The standard InChI is InChI=1S/C13H22O3Si.C12H20O3Si.2C10H16O2Si.4C9H14O3Si.2C8H12O3Si/c14-12-13(2-4-16-12)8-9-6-10(13)11(7-9)15-3-1-5-17;13-12-11-8-4-7(9(11)6-15-12)5-10(8)14-2-1-3-16;11-9-4-10(5-12-9)3-6-1-7(10)2-8(6)13;11-9-10(1-2-12-9)5-6-3-7(10)4-8(6)13;10-8-3-9(4-11-8)2-5-6(13)1-7(9)12-5;10-7-3-9(4-11-7)2-5-1-6(13)8(9)12-5;10-8-9(1-2-11-8)4-5-6(13)3-7(9)12-5;10-8-9(1-2-11-8)4-5-3-6(13)7(9)12-5;9-8-6-3(2-10-8)7-5(12)1-4(6)11-7;9-8-6-3(2-10-8)4-1-5(12)7(6)11-4/h9-11H,1-8H2,17H3;7-11H,1-6H2,16H3;2*6-8H,1-5H2,13H3;5-7H,1-4H2,13H3;5-6,8H,1-4H2,13H3;2*5-7H,1-4H2,13H3;2*3-7H,1-2H2,12H3. The Morgan fingerprint density at radius 3 is 1.36 bits per heavy atom. The number of esters is 10. The molecule has 43 atom stereocenters. The summed E-state index contributed by atoms with van der Waals surface area (Å²) in [5, 5.41) is 0. The second-order valence-corrected chi connectivity index (χ2v) is 62.9. The van der Waals surface area contributed by atoms with Crippen molar-refractivity contribution in [2.24, 2.45) is 121 Å². The third kappa shape index (κ3) is 17.5. The molecule has 0 N–H and O–H groups in total. The fourth-order valence-corrected chi connectivity index (χ4v) is 43.3. The summed E-state index contributed by atoms with van der Waals surface area (Å²) >= 11 is 0. The molecule has 30 fully saturated rings. The van der Waals surface area contributed by atoms with Crippen LogP contribution in [-0.4, -0.2) is 327 Å². The van der Waals surface area contributed by atoms with Crippen LogP contribution in [0.2, 0.25) is 56.4 Å². The highest BCUT2D eigenvalue weighted by molar-refractivity contribution is 6.15. The quantitative estimate of drug-likeness (QED) is 0.122. The molecule has 30 aliphatic rings. The average Bonchev–Trinajstić information content (AvgIpc) is 1.50. The van der Waals surface area contributed by atoms with Crippen LogP contribution in [0.1, 0.15) is 193 Å². The van der Waals surface area contributed by atoms with Crippen LogP contribution in [0.5, 0.6) is 0 Å². The molecule has 30 rings (SSSR count). The van der Waals surface area contributed by atoms with Crippen LogP contribution >= 0.6 is 0 Å². The summed E-state index contributed by atoms with van der Waals surface area (Å²) in [5.74, 6) is 7.64. The summed E-state index contributed by atoms with van der Waals surface area (Å²) < 4.78 is 98.0. The van der Waals surface area contributed by atoms with Gasteiger partial charge in [-0.1, -0.05) is 23.2 Å². The first kappa shape index (κ1) is 97.6. The fraction of sp³-hybridized carbons (Fsp3) is 0.897. The molecule has 8 aliphatic carbocycles. The minimum absolute atomic E-state index is 0.00553. The molecule has 0 aromatic heterocycles. The van der Waals surface area contributed by atoms with Gasteiger partial charge in [0.15, 0.2) is 0 Å². The molecule has 750 valence electrons. The molecule has 0 aromatic carbocycles. The van der Waals surface area contributed by atoms with E-state index in [1.165, 1.54) is 190 Å². The number of ether oxygens (including phenoxy) is 18. The van der Waals surface area contributed by atoms with Crippen molar-refractivity contribution in [3.8, 4) is 0 Å². The van der Waals surface area contributed by atoms with E-state index < -0.39 is 0 Å². The molecular weight excluding hydrogens is 1890 g/mol. The van der Waals surface area contributed by atoms with Gasteiger partial charge in [0.05, 0.1) is 197 Å². The lowest BCUT2D eigenvalue weighted by Gasteiger charge is -2.35. The van der Waals surface area contributed by atoms with Crippen LogP contribution in [0.4, 0.5) is 0 Å². The lowest BCUT2D eigenvalue weighted by Crippen LogP contribution is -2.40. The van der Waals surface area contributed by atoms with Crippen LogP contribution in [0.25, 0.3) is 0 Å². The van der Waals surface area contributed by atoms with Crippen molar-refractivity contribution in [2.75, 3.05) is 79.3 Å². The molecule has 0 amide bonds. The van der Waals surface area contributed by atoms with Crippen LogP contribution < -0.4 is 0 Å². The molecule has 43 unspecified atom stereocenters. The normalized spacial score (nSPS) is 51.7. The number of hydrogen-bond donors (Lipinski definition) is 0. The molecular formula is C97H154O28Si10. The van der Waals surface area contributed by atoms with E-state index in [1.54, 1.807) is 0 Å². The summed E-state index contributed by atoms with van der Waals surface area (Å²) in [4.78, 5) is 115. The second kappa shape index (κ2) is 38.5. The maximum atomic E-state index is 12.0. The van der Waals surface area contributed by atoms with Crippen molar-refractivity contribution in [3.05, 3.63) is 0 Å². The lowest BCUT2D eigenvalue weighted by atomic mass is 9.71. The highest BCUT2D eigenvalue weighted by Crippen LogP contribution is 2.68. The molecule has 20 bridgehead atoms. The Morgan fingerprint density at radius 1 is 0.319 bits per heavy atom. The van der Waals surface area contributed by atoms with Crippen molar-refractivity contribution in [2.45, 2.75) is 334 Å². The van der Waals surface area contributed by atoms with Gasteiger partial charge in [-0.15, -0.1) is 0 Å². The maximum Gasteiger partial charge on any atom is 0.314 e. The molecule has 7 spiro atoms. The Balaban J connectivity index is 0.0000000900. The molecule has 28 nitrogen and oxygen atoms in total. The van der Waals surface area contributed by atoms with E-state index in [-0.39, 0.29) is 134 Å². The van der Waals surface area contributed by atoms with Gasteiger partial charge in [0.1, 0.15) is 13.2 Å². The van der Waals surface area contributed by atoms with E-state index in [1.807, 2.05) is 0 Å². The largest absolute Gasteiger partial charge is 0.465 e. The van der Waals surface area contributed by atoms with Crippen LogP contribution in [0, 0.1) is 121 Å². The predicted octanol–water partition coefficient (Wildman–Crippen LogP) is -0.970. The van der Waals surface area contributed by atoms with Gasteiger partial charge in [0.2, 0.25) is 0 Å². The van der Waals surface area contributed by atoms with E-state index in [9.17, 15) is 47.9 Å². The topological polar surface area (TPSA) is 337 Å². The highest BCUT2D eigenvalue weighted by Gasteiger charge is 2.70. The Morgan fingerprint density at radius 2 is 0.837 bits per heavy atom. The number of carbonyl (C=O) groups is 10. The number of rotatable bonds is 8. The molecule has 0 radical (unpaired) electrons. The molecule has 0 aromatic rings. The van der Waals surface area contributed by atoms with Gasteiger partial charge in [-0.05, 0) is 235 Å². The third-order valence-electron chi connectivity index (χ3n) is 41.2. The second-order valence-electron chi connectivity index (χ2n) is 49.1. The van der Waals surface area contributed by atoms with Gasteiger partial charge in [-0.25, -0.2) is 0 Å². The molecule has 38 heteroatoms. The van der Waals surface area contributed by atoms with Gasteiger partial charge in [0.25, 0.3) is 0 Å². The third-order valence-corrected chi connectivity index (χ3v) is 52.3. The summed E-state index contributed by atoms with van der Waals surface area (Å²) in [6, 6.07) is 2.63. The number of fused-ring (bicyclic) bond motifs is 36. The van der Waals surface area contributed by atoms with Gasteiger partial charge in [0, 0.05) is 168 Å². The first-order chi connectivity index (χ1) is 64.9. The molecule has 22 saturated heterocycles. The van der Waals surface area contributed by atoms with E-state index in [2.05, 4.69) is 0 Å². The molecule has 22 aliphatic heterocycles. The van der Waals surface area contributed by atoms with Crippen molar-refractivity contribution >= 4 is 162 Å². The van der Waals surface area contributed by atoms with Gasteiger partial charge >= 0.3 is 59.7 Å². The summed E-state index contributed by atoms with van der Waals surface area (Å²) in [6.07, 6.45) is 37.2. The van der Waals surface area contributed by atoms with Crippen LogP contribution in [-0.2, 0) is 133 Å². The first-order valence-electron chi connectivity index (χ1n) is 53.7. The van der Waals surface area contributed by atoms with Gasteiger partial charge in [-0.2, -0.15) is 0 Å². The fourth-order valence-electron chi connectivity index (χ4n) is 34.1. The zero-order valence-electron chi connectivity index (χ0n) is 81.8. The SMILES string of the molecule is O=C1CC2(CO1)CC1CC([SiH3])C2O1.O=C1CC2(CO1)CC1CC2CC1[SiH3].O=C1CC2(CO1)CC1OC2CC1[SiH3].O=C1OCC2C3CC(OCCC[SiH3])C(C3)C12.O=C1OCC2C3CC([SiH3])C(O3)C12.O=C1OCC2C3OC(CC3[SiH3])C12.O=C1OCCC12CC1CC(OCCC[SiH3])C2C1.O=C1OCCC12CC1CC([SiH3])C2O1.O=C1OCCC12CC1CC2CC1[SiH3].O=C1OCCC12CC1OC2CC1[SiH3]. The molecule has 135 heavy (non-hydrogen) atoms. The summed E-state index contributed by atoms with van der Waals surface area (Å²) in [6.45, 7) is 8.20. The van der Waals surface area contributed by atoms with Crippen molar-refractivity contribution in [1.82, 2.24) is 0 Å². The van der Waals surface area contributed by atoms with E-state index in [0.717, 1.165) is 175 Å². The first-order valence-corrected chi connectivity index (χ1v) is 65.8. The van der Waals surface area contributed by atoms with Gasteiger partial charge in [-0.3, -0.25) is 47.9 Å². The van der Waals surface area contributed by atoms with E-state index in [4.69, 9.17) is 85.3 Å². The maximum absolute atomic E-state index is 12.0. The summed E-state index contributed by atoms with van der Waals surface area (Å²) in [5.41, 5.74) is 6.37. The Labute approximate surface area is 824 Å². The predicted molar refractivity (Wildman–Crippen MR) is 524 cm³/mol. The van der Waals surface area contributed by atoms with Crippen molar-refractivity contribution in [1.29, 1.82) is 0 Å². The monoisotopic (exact) mass is 2050 g/mol. The molecule has 22 heterocycles. The minimum atomic E-state index is -0.217. The number of carbonyl (C=O) groups excluding carboxylic acids is 10. The van der Waals surface area contributed by atoms with E-state index in [0.29, 0.717) is 197 Å².